The van der Waals surface area contributed by atoms with Gasteiger partial charge in [-0.25, -0.2) is 0 Å². The van der Waals surface area contributed by atoms with E-state index < -0.39 is 0 Å². The van der Waals surface area contributed by atoms with Crippen molar-refractivity contribution in [2.45, 2.75) is 71.3 Å². The Morgan fingerprint density at radius 1 is 0.950 bits per heavy atom. The van der Waals surface area contributed by atoms with Crippen LogP contribution in [0.4, 0.5) is 0 Å². The number of rotatable bonds is 12. The van der Waals surface area contributed by atoms with Crippen LogP contribution in [0.1, 0.15) is 65.2 Å². The highest BCUT2D eigenvalue weighted by Gasteiger charge is 2.25. The van der Waals surface area contributed by atoms with Crippen molar-refractivity contribution in [3.8, 4) is 0 Å². The minimum Gasteiger partial charge on any atom is -0.302 e. The molecule has 0 N–H and O–H groups in total. The van der Waals surface area contributed by atoms with Gasteiger partial charge in [-0.05, 0) is 45.4 Å². The number of hydrogen-bond donors (Lipinski definition) is 0. The first-order valence-corrected chi connectivity index (χ1v) is 9.96. The van der Waals surface area contributed by atoms with Crippen LogP contribution < -0.4 is 0 Å². The van der Waals surface area contributed by atoms with Crippen molar-refractivity contribution in [1.82, 2.24) is 9.80 Å². The van der Waals surface area contributed by atoms with Gasteiger partial charge in [0.15, 0.2) is 0 Å². The van der Waals surface area contributed by atoms with Gasteiger partial charge in [-0.2, -0.15) is 0 Å². The van der Waals surface area contributed by atoms with Gasteiger partial charge in [-0.3, -0.25) is 4.90 Å². The minimum absolute atomic E-state index is 0.828. The van der Waals surface area contributed by atoms with Crippen molar-refractivity contribution in [2.24, 2.45) is 0 Å². The van der Waals surface area contributed by atoms with Gasteiger partial charge in [0, 0.05) is 17.9 Å². The van der Waals surface area contributed by atoms with Gasteiger partial charge in [0.05, 0.1) is 0 Å². The van der Waals surface area contributed by atoms with Crippen molar-refractivity contribution in [3.63, 3.8) is 0 Å². The molecule has 0 spiro atoms. The molecule has 1 heterocycles. The largest absolute Gasteiger partial charge is 0.302 e. The third-order valence-electron chi connectivity index (χ3n) is 4.68. The fourth-order valence-electron chi connectivity index (χ4n) is 3.37. The summed E-state index contributed by atoms with van der Waals surface area (Å²) in [5.74, 6) is 0. The average Bonchev–Trinajstić information content (AvgIpc) is 2.92. The number of hydrogen-bond acceptors (Lipinski definition) is 2. The summed E-state index contributed by atoms with van der Waals surface area (Å²) in [5.41, 5.74) is 0. The van der Waals surface area contributed by atoms with E-state index in [1.807, 2.05) is 0 Å². The van der Waals surface area contributed by atoms with Gasteiger partial charge in [-0.15, -0.1) is 0 Å². The maximum Gasteiger partial charge on any atom is 0.0235 e. The van der Waals surface area contributed by atoms with E-state index in [2.05, 4.69) is 39.6 Å². The molecule has 0 amide bonds. The molecule has 1 rings (SSSR count). The zero-order valence-electron chi connectivity index (χ0n) is 13.7. The molecule has 0 aromatic heterocycles. The summed E-state index contributed by atoms with van der Waals surface area (Å²) in [6.07, 6.45) is 11.3. The fraction of sp³-hybridized carbons (Fsp3) is 1.00. The van der Waals surface area contributed by atoms with Crippen molar-refractivity contribution in [1.29, 1.82) is 0 Å². The van der Waals surface area contributed by atoms with Crippen LogP contribution >= 0.6 is 15.9 Å². The lowest BCUT2D eigenvalue weighted by Gasteiger charge is -2.26. The Morgan fingerprint density at radius 2 is 1.55 bits per heavy atom. The van der Waals surface area contributed by atoms with Gasteiger partial charge in [-0.1, -0.05) is 61.9 Å². The van der Waals surface area contributed by atoms with E-state index in [0.717, 1.165) is 6.04 Å². The van der Waals surface area contributed by atoms with Crippen LogP contribution in [0.3, 0.4) is 0 Å². The highest BCUT2D eigenvalue weighted by molar-refractivity contribution is 9.09. The zero-order chi connectivity index (χ0) is 14.6. The highest BCUT2D eigenvalue weighted by atomic mass is 79.9. The minimum atomic E-state index is 0.828. The summed E-state index contributed by atoms with van der Waals surface area (Å²) in [6.45, 7) is 11.0. The highest BCUT2D eigenvalue weighted by Crippen LogP contribution is 2.16. The molecule has 1 aliphatic rings. The fourth-order valence-corrected chi connectivity index (χ4v) is 3.76. The molecule has 2 nitrogen and oxygen atoms in total. The van der Waals surface area contributed by atoms with Crippen LogP contribution in [0.25, 0.3) is 0 Å². The van der Waals surface area contributed by atoms with Crippen molar-refractivity contribution in [3.05, 3.63) is 0 Å². The molecule has 20 heavy (non-hydrogen) atoms. The molecule has 0 aliphatic carbocycles. The van der Waals surface area contributed by atoms with E-state index in [0.29, 0.717) is 0 Å². The second-order valence-electron chi connectivity index (χ2n) is 6.13. The zero-order valence-corrected chi connectivity index (χ0v) is 15.3. The first-order chi connectivity index (χ1) is 9.81. The van der Waals surface area contributed by atoms with Crippen LogP contribution in [0, 0.1) is 0 Å². The Bertz CT molecular complexity index is 219. The SMILES string of the molecule is CCN(CC)C1CCN(CCCCCCCCCBr)C1. The molecule has 0 saturated carbocycles. The van der Waals surface area contributed by atoms with E-state index >= 15 is 0 Å². The standard InChI is InChI=1S/C17H35BrN2/c1-3-20(4-2)17-12-15-19(16-17)14-11-9-7-5-6-8-10-13-18/h17H,3-16H2,1-2H3. The topological polar surface area (TPSA) is 6.48 Å². The Balaban J connectivity index is 1.96. The lowest BCUT2D eigenvalue weighted by atomic mass is 10.1. The molecule has 0 aromatic rings. The summed E-state index contributed by atoms with van der Waals surface area (Å²) >= 11 is 3.50. The van der Waals surface area contributed by atoms with Gasteiger partial charge in [0.25, 0.3) is 0 Å². The molecule has 1 unspecified atom stereocenters. The number of likely N-dealkylation sites (tertiary alicyclic amines) is 1. The average molecular weight is 347 g/mol. The molecule has 0 aromatic carbocycles. The second-order valence-corrected chi connectivity index (χ2v) is 6.92. The number of unbranched alkanes of at least 4 members (excludes halogenated alkanes) is 6. The molecule has 0 bridgehead atoms. The van der Waals surface area contributed by atoms with Crippen LogP contribution in [-0.4, -0.2) is 53.9 Å². The number of nitrogens with zero attached hydrogens (tertiary/aromatic N) is 2. The Morgan fingerprint density at radius 3 is 2.15 bits per heavy atom. The second kappa shape index (κ2) is 12.0. The smallest absolute Gasteiger partial charge is 0.0235 e. The molecular weight excluding hydrogens is 312 g/mol. The van der Waals surface area contributed by atoms with Crippen LogP contribution in [0.15, 0.2) is 0 Å². The summed E-state index contributed by atoms with van der Waals surface area (Å²) < 4.78 is 0. The van der Waals surface area contributed by atoms with Crippen molar-refractivity contribution in [2.75, 3.05) is 38.1 Å². The van der Waals surface area contributed by atoms with E-state index in [-0.39, 0.29) is 0 Å². The molecule has 3 heteroatoms. The Labute approximate surface area is 135 Å². The number of halogens is 1. The number of alkyl halides is 1. The van der Waals surface area contributed by atoms with E-state index in [4.69, 9.17) is 0 Å². The third kappa shape index (κ3) is 7.42. The van der Waals surface area contributed by atoms with Crippen molar-refractivity contribution >= 4 is 15.9 Å². The van der Waals surface area contributed by atoms with Crippen molar-refractivity contribution < 1.29 is 0 Å². The molecule has 1 fully saturated rings. The normalized spacial score (nSPS) is 20.1. The first kappa shape index (κ1) is 18.4. The molecular formula is C17H35BrN2. The summed E-state index contributed by atoms with van der Waals surface area (Å²) in [6, 6.07) is 0.828. The first-order valence-electron chi connectivity index (χ1n) is 8.84. The van der Waals surface area contributed by atoms with E-state index in [1.54, 1.807) is 0 Å². The van der Waals surface area contributed by atoms with E-state index in [9.17, 15) is 0 Å². The number of likely N-dealkylation sites (N-methyl/N-ethyl adjacent to an activating group) is 1. The monoisotopic (exact) mass is 346 g/mol. The third-order valence-corrected chi connectivity index (χ3v) is 5.24. The quantitative estimate of drug-likeness (QED) is 0.378. The van der Waals surface area contributed by atoms with Gasteiger partial charge in [0.1, 0.15) is 0 Å². The molecule has 120 valence electrons. The Hall–Kier alpha value is 0.400. The summed E-state index contributed by atoms with van der Waals surface area (Å²) in [7, 11) is 0. The van der Waals surface area contributed by atoms with Gasteiger partial charge < -0.3 is 4.90 Å². The maximum atomic E-state index is 3.50. The molecule has 1 atom stereocenters. The predicted molar refractivity (Wildman–Crippen MR) is 93.9 cm³/mol. The predicted octanol–water partition coefficient (Wildman–Crippen LogP) is 4.53. The Kier molecular flexibility index (Phi) is 11.1. The molecule has 1 aliphatic heterocycles. The van der Waals surface area contributed by atoms with Crippen LogP contribution in [-0.2, 0) is 0 Å². The van der Waals surface area contributed by atoms with Crippen LogP contribution in [0.2, 0.25) is 0 Å². The lowest BCUT2D eigenvalue weighted by Crippen LogP contribution is -2.37. The summed E-state index contributed by atoms with van der Waals surface area (Å²) in [4.78, 5) is 5.32. The lowest BCUT2D eigenvalue weighted by molar-refractivity contribution is 0.210. The molecule has 1 saturated heterocycles. The van der Waals surface area contributed by atoms with Gasteiger partial charge in [0.2, 0.25) is 0 Å². The maximum absolute atomic E-state index is 3.50. The van der Waals surface area contributed by atoms with E-state index in [1.165, 1.54) is 89.4 Å². The van der Waals surface area contributed by atoms with Gasteiger partial charge >= 0.3 is 0 Å². The summed E-state index contributed by atoms with van der Waals surface area (Å²) in [5, 5.41) is 1.18. The van der Waals surface area contributed by atoms with Crippen LogP contribution in [0.5, 0.6) is 0 Å². The molecule has 0 radical (unpaired) electrons.